The number of unbranched alkanes of at least 4 members (excludes halogenated alkanes) is 3. The van der Waals surface area contributed by atoms with Crippen molar-refractivity contribution < 1.29 is 39.6 Å². The Hall–Kier alpha value is -3.16. The van der Waals surface area contributed by atoms with Crippen molar-refractivity contribution in [2.45, 2.75) is 79.1 Å². The third-order valence-electron chi connectivity index (χ3n) is 4.05. The van der Waals surface area contributed by atoms with Crippen molar-refractivity contribution in [2.24, 2.45) is 5.92 Å². The van der Waals surface area contributed by atoms with Crippen LogP contribution in [0.25, 0.3) is 0 Å². The third kappa shape index (κ3) is 31.1. The summed E-state index contributed by atoms with van der Waals surface area (Å²) in [5.74, 6) is -4.27. The van der Waals surface area contributed by atoms with E-state index in [4.69, 9.17) is 5.11 Å². The van der Waals surface area contributed by atoms with Crippen LogP contribution in [-0.2, 0) is 19.2 Å². The first kappa shape index (κ1) is 37.2. The van der Waals surface area contributed by atoms with E-state index >= 15 is 0 Å². The molecular formula is C25H39O8-3. The summed E-state index contributed by atoms with van der Waals surface area (Å²) in [5, 5.41) is 37.6. The molecule has 0 bridgehead atoms. The van der Waals surface area contributed by atoms with E-state index in [0.717, 1.165) is 51.0 Å². The predicted octanol–water partition coefficient (Wildman–Crippen LogP) is 1.95. The SMILES string of the molecule is C=C(C(=O)[O-])C(CC)CCCCC.C=C(C)C(=O)[O-].C=C(CCCC)C(=O)[O-].C=CC(=O)O. The Kier molecular flexibility index (Phi) is 28.3. The van der Waals surface area contributed by atoms with Gasteiger partial charge < -0.3 is 34.8 Å². The number of aliphatic carboxylic acids is 4. The first-order chi connectivity index (χ1) is 15.2. The first-order valence-electron chi connectivity index (χ1n) is 10.7. The molecule has 8 nitrogen and oxygen atoms in total. The van der Waals surface area contributed by atoms with E-state index in [1.807, 2.05) is 13.8 Å². The lowest BCUT2D eigenvalue weighted by atomic mass is 9.92. The molecule has 0 aliphatic carbocycles. The molecular weight excluding hydrogens is 428 g/mol. The molecule has 0 aromatic rings. The summed E-state index contributed by atoms with van der Waals surface area (Å²) in [6.45, 7) is 20.4. The Morgan fingerprint density at radius 3 is 1.52 bits per heavy atom. The van der Waals surface area contributed by atoms with Crippen LogP contribution in [0, 0.1) is 5.92 Å². The van der Waals surface area contributed by atoms with Crippen molar-refractivity contribution in [1.82, 2.24) is 0 Å². The van der Waals surface area contributed by atoms with Gasteiger partial charge in [-0.25, -0.2) is 4.79 Å². The minimum atomic E-state index is -1.19. The van der Waals surface area contributed by atoms with E-state index in [1.165, 1.54) is 6.92 Å². The van der Waals surface area contributed by atoms with Gasteiger partial charge in [-0.1, -0.05) is 72.8 Å². The van der Waals surface area contributed by atoms with Gasteiger partial charge in [0.15, 0.2) is 0 Å². The molecule has 0 aromatic carbocycles. The van der Waals surface area contributed by atoms with Crippen LogP contribution in [0.1, 0.15) is 79.1 Å². The second-order valence-corrected chi connectivity index (χ2v) is 7.02. The zero-order valence-corrected chi connectivity index (χ0v) is 20.4. The number of rotatable bonds is 13. The maximum Gasteiger partial charge on any atom is 0.327 e. The highest BCUT2D eigenvalue weighted by Crippen LogP contribution is 2.20. The van der Waals surface area contributed by atoms with Crippen LogP contribution in [0.15, 0.2) is 49.1 Å². The number of hydrogen-bond donors (Lipinski definition) is 1. The zero-order chi connectivity index (χ0) is 27.0. The number of carbonyl (C=O) groups excluding carboxylic acids is 3. The molecule has 190 valence electrons. The second kappa shape index (κ2) is 25.1. The molecule has 0 spiro atoms. The van der Waals surface area contributed by atoms with Gasteiger partial charge in [-0.05, 0) is 55.2 Å². The van der Waals surface area contributed by atoms with Gasteiger partial charge in [0.05, 0.1) is 17.9 Å². The second-order valence-electron chi connectivity index (χ2n) is 7.02. The average molecular weight is 468 g/mol. The van der Waals surface area contributed by atoms with Crippen LogP contribution in [0.2, 0.25) is 0 Å². The maximum absolute atomic E-state index is 10.5. The van der Waals surface area contributed by atoms with Crippen LogP contribution < -0.4 is 15.3 Å². The number of carboxylic acid groups (broad SMARTS) is 4. The number of carboxylic acids is 4. The van der Waals surface area contributed by atoms with E-state index in [2.05, 4.69) is 33.2 Å². The number of hydrogen-bond acceptors (Lipinski definition) is 7. The first-order valence-corrected chi connectivity index (χ1v) is 10.7. The van der Waals surface area contributed by atoms with Crippen molar-refractivity contribution in [3.63, 3.8) is 0 Å². The van der Waals surface area contributed by atoms with Gasteiger partial charge in [-0.15, -0.1) is 0 Å². The van der Waals surface area contributed by atoms with E-state index in [1.54, 1.807) is 0 Å². The normalized spacial score (nSPS) is 9.70. The highest BCUT2D eigenvalue weighted by Gasteiger charge is 2.10. The van der Waals surface area contributed by atoms with Crippen molar-refractivity contribution in [1.29, 1.82) is 0 Å². The summed E-state index contributed by atoms with van der Waals surface area (Å²) in [7, 11) is 0. The van der Waals surface area contributed by atoms with Gasteiger partial charge in [-0.3, -0.25) is 0 Å². The lowest BCUT2D eigenvalue weighted by Crippen LogP contribution is -2.27. The molecule has 1 atom stereocenters. The molecule has 0 aliphatic heterocycles. The topological polar surface area (TPSA) is 158 Å². The summed E-state index contributed by atoms with van der Waals surface area (Å²) in [6, 6.07) is 0. The molecule has 0 aliphatic rings. The fraction of sp³-hybridized carbons (Fsp3) is 0.520. The largest absolute Gasteiger partial charge is 0.545 e. The maximum atomic E-state index is 10.5. The van der Waals surface area contributed by atoms with Gasteiger partial charge >= 0.3 is 5.97 Å². The molecule has 33 heavy (non-hydrogen) atoms. The summed E-state index contributed by atoms with van der Waals surface area (Å²) in [4.78, 5) is 39.3. The van der Waals surface area contributed by atoms with E-state index in [9.17, 15) is 34.5 Å². The molecule has 0 fully saturated rings. The third-order valence-corrected chi connectivity index (χ3v) is 4.05. The fourth-order valence-electron chi connectivity index (χ4n) is 1.92. The lowest BCUT2D eigenvalue weighted by molar-refractivity contribution is -0.301. The summed E-state index contributed by atoms with van der Waals surface area (Å²) >= 11 is 0. The molecule has 0 amide bonds. The molecule has 0 radical (unpaired) electrons. The minimum absolute atomic E-state index is 0.0648. The van der Waals surface area contributed by atoms with E-state index in [-0.39, 0.29) is 22.6 Å². The minimum Gasteiger partial charge on any atom is -0.545 e. The lowest BCUT2D eigenvalue weighted by Gasteiger charge is -2.18. The van der Waals surface area contributed by atoms with Crippen molar-refractivity contribution in [2.75, 3.05) is 0 Å². The standard InChI is InChI=1S/C11H20O2.C7H12O2.C4H6O2.C3H4O2/c1-4-6-7-8-10(5-2)9(3)11(12)13;1-3-4-5-6(2)7(8)9;1-3(2)4(5)6;1-2-3(4)5/h10H,3-8H2,1-2H3,(H,12,13);2-5H2,1H3,(H,8,9);1H2,2H3,(H,5,6);2H,1H2,(H,4,5)/p-3. The van der Waals surface area contributed by atoms with Gasteiger partial charge in [0.25, 0.3) is 0 Å². The highest BCUT2D eigenvalue weighted by atomic mass is 16.4. The van der Waals surface area contributed by atoms with E-state index in [0.29, 0.717) is 6.42 Å². The Labute approximate surface area is 198 Å². The van der Waals surface area contributed by atoms with Crippen molar-refractivity contribution >= 4 is 23.9 Å². The molecule has 8 heteroatoms. The quantitative estimate of drug-likeness (QED) is 0.318. The summed E-state index contributed by atoms with van der Waals surface area (Å²) in [6.07, 6.45) is 8.44. The van der Waals surface area contributed by atoms with Crippen LogP contribution in [-0.4, -0.2) is 29.0 Å². The van der Waals surface area contributed by atoms with Crippen molar-refractivity contribution in [3.05, 3.63) is 49.1 Å². The highest BCUT2D eigenvalue weighted by molar-refractivity contribution is 5.84. The molecule has 1 N–H and O–H groups in total. The summed E-state index contributed by atoms with van der Waals surface area (Å²) < 4.78 is 0. The van der Waals surface area contributed by atoms with Crippen LogP contribution >= 0.6 is 0 Å². The van der Waals surface area contributed by atoms with E-state index < -0.39 is 23.9 Å². The van der Waals surface area contributed by atoms with Gasteiger partial charge in [0.2, 0.25) is 0 Å². The Balaban J connectivity index is -0.000000183. The van der Waals surface area contributed by atoms with Gasteiger partial charge in [0.1, 0.15) is 0 Å². The molecule has 1 unspecified atom stereocenters. The monoisotopic (exact) mass is 467 g/mol. The van der Waals surface area contributed by atoms with Crippen molar-refractivity contribution in [3.8, 4) is 0 Å². The number of carbonyl (C=O) groups is 4. The van der Waals surface area contributed by atoms with Gasteiger partial charge in [-0.2, -0.15) is 0 Å². The Bertz CT molecular complexity index is 635. The Morgan fingerprint density at radius 2 is 1.27 bits per heavy atom. The summed E-state index contributed by atoms with van der Waals surface area (Å²) in [5.41, 5.74) is 0.533. The Morgan fingerprint density at radius 1 is 0.848 bits per heavy atom. The van der Waals surface area contributed by atoms with Crippen LogP contribution in [0.5, 0.6) is 0 Å². The molecule has 0 saturated heterocycles. The van der Waals surface area contributed by atoms with Gasteiger partial charge in [0, 0.05) is 6.08 Å². The molecule has 0 saturated carbocycles. The fourth-order valence-corrected chi connectivity index (χ4v) is 1.92. The van der Waals surface area contributed by atoms with Crippen LogP contribution in [0.3, 0.4) is 0 Å². The smallest absolute Gasteiger partial charge is 0.327 e. The average Bonchev–Trinajstić information content (AvgIpc) is 2.75. The van der Waals surface area contributed by atoms with Crippen LogP contribution in [0.4, 0.5) is 0 Å². The molecule has 0 aromatic heterocycles. The zero-order valence-electron chi connectivity index (χ0n) is 20.4. The molecule has 0 heterocycles. The molecule has 0 rings (SSSR count). The predicted molar refractivity (Wildman–Crippen MR) is 123 cm³/mol.